The van der Waals surface area contributed by atoms with Crippen LogP contribution in [0, 0.1) is 12.3 Å². The molecule has 0 radical (unpaired) electrons. The summed E-state index contributed by atoms with van der Waals surface area (Å²) in [6.45, 7) is 2.03. The number of terminal acetylenes is 1. The normalized spacial score (nSPS) is 11.8. The maximum Gasteiger partial charge on any atom is 0.220 e. The number of nitrogens with zero attached hydrogens (tertiary/aromatic N) is 2. The van der Waals surface area contributed by atoms with E-state index < -0.39 is 0 Å². The Kier molecular flexibility index (Phi) is 3.89. The quantitative estimate of drug-likeness (QED) is 0.732. The van der Waals surface area contributed by atoms with Gasteiger partial charge in [0.1, 0.15) is 12.4 Å². The molecule has 1 aromatic rings. The van der Waals surface area contributed by atoms with Crippen molar-refractivity contribution in [3.63, 3.8) is 0 Å². The van der Waals surface area contributed by atoms with Crippen molar-refractivity contribution >= 4 is 5.82 Å². The van der Waals surface area contributed by atoms with Gasteiger partial charge in [-0.1, -0.05) is 5.92 Å². The van der Waals surface area contributed by atoms with Crippen LogP contribution in [0.25, 0.3) is 0 Å². The number of nitrogens with two attached hydrogens (primary N) is 1. The summed E-state index contributed by atoms with van der Waals surface area (Å²) in [5.74, 6) is 3.59. The Morgan fingerprint density at radius 3 is 2.93 bits per heavy atom. The topological polar surface area (TPSA) is 70.3 Å². The molecule has 5 heteroatoms. The molecule has 5 nitrogen and oxygen atoms in total. The van der Waals surface area contributed by atoms with E-state index in [1.54, 1.807) is 14.0 Å². The molecule has 0 saturated carbocycles. The number of methoxy groups -OCH3 is 1. The van der Waals surface area contributed by atoms with Gasteiger partial charge in [-0.05, 0) is 6.92 Å². The van der Waals surface area contributed by atoms with E-state index in [0.29, 0.717) is 17.5 Å². The molecule has 0 amide bonds. The maximum absolute atomic E-state index is 5.57. The monoisotopic (exact) mass is 207 g/mol. The van der Waals surface area contributed by atoms with Crippen LogP contribution in [0.4, 0.5) is 5.82 Å². The molecule has 0 fully saturated rings. The summed E-state index contributed by atoms with van der Waals surface area (Å²) >= 11 is 0. The zero-order valence-electron chi connectivity index (χ0n) is 8.73. The fourth-order valence-corrected chi connectivity index (χ4v) is 0.961. The predicted octanol–water partition coefficient (Wildman–Crippen LogP) is 0.606. The zero-order valence-corrected chi connectivity index (χ0v) is 8.73. The average Bonchev–Trinajstić information content (AvgIpc) is 2.17. The first-order valence-electron chi connectivity index (χ1n) is 4.41. The third-order valence-electron chi connectivity index (χ3n) is 1.57. The van der Waals surface area contributed by atoms with Gasteiger partial charge in [0, 0.05) is 13.2 Å². The van der Waals surface area contributed by atoms with Gasteiger partial charge in [0.2, 0.25) is 5.88 Å². The average molecular weight is 207 g/mol. The molecule has 80 valence electrons. The van der Waals surface area contributed by atoms with E-state index in [4.69, 9.17) is 21.6 Å². The number of anilines is 1. The summed E-state index contributed by atoms with van der Waals surface area (Å²) in [7, 11) is 1.55. The Hall–Kier alpha value is -1.80. The highest BCUT2D eigenvalue weighted by molar-refractivity contribution is 5.33. The first-order chi connectivity index (χ1) is 7.15. The molecular weight excluding hydrogens is 194 g/mol. The maximum atomic E-state index is 5.57. The van der Waals surface area contributed by atoms with E-state index in [9.17, 15) is 0 Å². The lowest BCUT2D eigenvalue weighted by molar-refractivity contribution is 0.175. The fourth-order valence-electron chi connectivity index (χ4n) is 0.961. The molecule has 1 heterocycles. The van der Waals surface area contributed by atoms with Crippen molar-refractivity contribution in [2.45, 2.75) is 19.6 Å². The number of aromatic nitrogens is 2. The Bertz CT molecular complexity index is 373. The van der Waals surface area contributed by atoms with Crippen molar-refractivity contribution in [2.75, 3.05) is 12.8 Å². The van der Waals surface area contributed by atoms with Gasteiger partial charge in [-0.15, -0.1) is 6.42 Å². The van der Waals surface area contributed by atoms with Crippen LogP contribution in [0.1, 0.15) is 12.7 Å². The highest BCUT2D eigenvalue weighted by Gasteiger charge is 2.05. The molecule has 0 aliphatic heterocycles. The number of hydrogen-bond donors (Lipinski definition) is 1. The van der Waals surface area contributed by atoms with Gasteiger partial charge in [-0.2, -0.15) is 4.98 Å². The SMILES string of the molecule is C#CC(C)Oc1cc(N)nc(COC)n1. The third-order valence-corrected chi connectivity index (χ3v) is 1.57. The van der Waals surface area contributed by atoms with E-state index in [1.165, 1.54) is 6.07 Å². The van der Waals surface area contributed by atoms with Crippen LogP contribution in [0.5, 0.6) is 5.88 Å². The summed E-state index contributed by atoms with van der Waals surface area (Å²) in [5, 5.41) is 0. The number of nitrogen functional groups attached to an aromatic ring is 1. The second kappa shape index (κ2) is 5.17. The van der Waals surface area contributed by atoms with Gasteiger partial charge in [-0.25, -0.2) is 4.98 Å². The summed E-state index contributed by atoms with van der Waals surface area (Å²) in [6, 6.07) is 1.52. The Labute approximate surface area is 88.6 Å². The van der Waals surface area contributed by atoms with Crippen LogP contribution in [0.2, 0.25) is 0 Å². The first kappa shape index (κ1) is 11.3. The minimum absolute atomic E-state index is 0.284. The summed E-state index contributed by atoms with van der Waals surface area (Å²) < 4.78 is 10.2. The van der Waals surface area contributed by atoms with E-state index >= 15 is 0 Å². The van der Waals surface area contributed by atoms with Gasteiger partial charge in [0.25, 0.3) is 0 Å². The van der Waals surface area contributed by atoms with Crippen LogP contribution in [0.3, 0.4) is 0 Å². The number of hydrogen-bond acceptors (Lipinski definition) is 5. The van der Waals surface area contributed by atoms with Gasteiger partial charge in [0.05, 0.1) is 0 Å². The summed E-state index contributed by atoms with van der Waals surface area (Å²) in [4.78, 5) is 8.04. The molecule has 0 aliphatic carbocycles. The van der Waals surface area contributed by atoms with Crippen LogP contribution in [-0.2, 0) is 11.3 Å². The zero-order chi connectivity index (χ0) is 11.3. The second-order valence-corrected chi connectivity index (χ2v) is 2.91. The largest absolute Gasteiger partial charge is 0.461 e. The molecule has 1 rings (SSSR count). The van der Waals surface area contributed by atoms with E-state index in [1.807, 2.05) is 0 Å². The highest BCUT2D eigenvalue weighted by Crippen LogP contribution is 2.12. The Morgan fingerprint density at radius 2 is 2.33 bits per heavy atom. The van der Waals surface area contributed by atoms with Crippen molar-refractivity contribution in [1.29, 1.82) is 0 Å². The van der Waals surface area contributed by atoms with Gasteiger partial charge in [-0.3, -0.25) is 0 Å². The van der Waals surface area contributed by atoms with Crippen LogP contribution >= 0.6 is 0 Å². The fraction of sp³-hybridized carbons (Fsp3) is 0.400. The van der Waals surface area contributed by atoms with Crippen molar-refractivity contribution in [2.24, 2.45) is 0 Å². The molecule has 0 saturated heterocycles. The molecular formula is C10H13N3O2. The molecule has 2 N–H and O–H groups in total. The summed E-state index contributed by atoms with van der Waals surface area (Å²) in [5.41, 5.74) is 5.57. The Morgan fingerprint density at radius 1 is 1.60 bits per heavy atom. The van der Waals surface area contributed by atoms with Crippen LogP contribution < -0.4 is 10.5 Å². The molecule has 0 spiro atoms. The lowest BCUT2D eigenvalue weighted by Crippen LogP contribution is -2.11. The lowest BCUT2D eigenvalue weighted by Gasteiger charge is -2.09. The molecule has 0 aromatic carbocycles. The number of rotatable bonds is 4. The van der Waals surface area contributed by atoms with Crippen molar-refractivity contribution in [1.82, 2.24) is 9.97 Å². The lowest BCUT2D eigenvalue weighted by atomic mass is 10.4. The summed E-state index contributed by atoms with van der Waals surface area (Å²) in [6.07, 6.45) is 4.83. The Balaban J connectivity index is 2.84. The molecule has 0 bridgehead atoms. The van der Waals surface area contributed by atoms with Crippen molar-refractivity contribution in [3.05, 3.63) is 11.9 Å². The molecule has 1 unspecified atom stereocenters. The minimum atomic E-state index is -0.352. The van der Waals surface area contributed by atoms with E-state index in [2.05, 4.69) is 15.9 Å². The predicted molar refractivity (Wildman–Crippen MR) is 56.1 cm³/mol. The van der Waals surface area contributed by atoms with E-state index in [0.717, 1.165) is 0 Å². The van der Waals surface area contributed by atoms with Crippen molar-refractivity contribution in [3.8, 4) is 18.2 Å². The molecule has 1 aromatic heterocycles. The van der Waals surface area contributed by atoms with E-state index in [-0.39, 0.29) is 12.7 Å². The van der Waals surface area contributed by atoms with Gasteiger partial charge in [0.15, 0.2) is 11.9 Å². The van der Waals surface area contributed by atoms with Crippen LogP contribution in [-0.4, -0.2) is 23.2 Å². The second-order valence-electron chi connectivity index (χ2n) is 2.91. The smallest absolute Gasteiger partial charge is 0.220 e. The van der Waals surface area contributed by atoms with Gasteiger partial charge >= 0.3 is 0 Å². The van der Waals surface area contributed by atoms with Crippen LogP contribution in [0.15, 0.2) is 6.07 Å². The standard InChI is InChI=1S/C10H13N3O2/c1-4-7(2)15-10-5-8(11)12-9(13-10)6-14-3/h1,5,7H,6H2,2-3H3,(H2,11,12,13). The van der Waals surface area contributed by atoms with Gasteiger partial charge < -0.3 is 15.2 Å². The minimum Gasteiger partial charge on any atom is -0.461 e. The molecule has 0 aliphatic rings. The third kappa shape index (κ3) is 3.44. The molecule has 1 atom stereocenters. The number of ether oxygens (including phenoxy) is 2. The highest BCUT2D eigenvalue weighted by atomic mass is 16.5. The molecule has 15 heavy (non-hydrogen) atoms. The van der Waals surface area contributed by atoms with Crippen molar-refractivity contribution < 1.29 is 9.47 Å². The first-order valence-corrected chi connectivity index (χ1v) is 4.41.